The second-order valence-electron chi connectivity index (χ2n) is 6.64. The van der Waals surface area contributed by atoms with Crippen molar-refractivity contribution in [3.05, 3.63) is 48.0 Å². The summed E-state index contributed by atoms with van der Waals surface area (Å²) in [5.41, 5.74) is 1.29. The number of aromatic nitrogens is 5. The summed E-state index contributed by atoms with van der Waals surface area (Å²) in [5, 5.41) is 7.72. The van der Waals surface area contributed by atoms with Gasteiger partial charge in [0.05, 0.1) is 11.7 Å². The third-order valence-corrected chi connectivity index (χ3v) is 4.14. The topological polar surface area (TPSA) is 59.4 Å². The molecule has 0 radical (unpaired) electrons. The Kier molecular flexibility index (Phi) is 3.71. The lowest BCUT2D eigenvalue weighted by Gasteiger charge is -2.11. The van der Waals surface area contributed by atoms with Crippen LogP contribution in [0.25, 0.3) is 27.8 Å². The Bertz CT molecular complexity index is 1090. The van der Waals surface area contributed by atoms with Crippen molar-refractivity contribution in [2.24, 2.45) is 5.92 Å². The van der Waals surface area contributed by atoms with E-state index in [4.69, 9.17) is 0 Å². The van der Waals surface area contributed by atoms with E-state index >= 15 is 0 Å². The van der Waals surface area contributed by atoms with E-state index in [1.165, 1.54) is 6.07 Å². The first-order valence-electron chi connectivity index (χ1n) is 8.22. The number of nitrogens with zero attached hydrogens (tertiary/aromatic N) is 4. The van der Waals surface area contributed by atoms with Crippen LogP contribution in [0.4, 0.5) is 13.2 Å². The number of aromatic amines is 1. The molecule has 26 heavy (non-hydrogen) atoms. The fraction of sp³-hybridized carbons (Fsp3) is 0.278. The smallest absolute Gasteiger partial charge is 0.281 e. The molecule has 0 aliphatic carbocycles. The van der Waals surface area contributed by atoms with E-state index in [-0.39, 0.29) is 5.65 Å². The fourth-order valence-electron chi connectivity index (χ4n) is 3.00. The van der Waals surface area contributed by atoms with Gasteiger partial charge in [0.2, 0.25) is 0 Å². The van der Waals surface area contributed by atoms with Crippen LogP contribution in [0.3, 0.4) is 0 Å². The Morgan fingerprint density at radius 2 is 1.92 bits per heavy atom. The van der Waals surface area contributed by atoms with Gasteiger partial charge in [-0.3, -0.25) is 9.67 Å². The Morgan fingerprint density at radius 1 is 1.12 bits per heavy atom. The number of fused-ring (bicyclic) bond motifs is 2. The SMILES string of the molecule is CC(C)Cc1nc2ccc(C(F)(F)F)nc2n1-c1ccc2[nH]ncc2c1. The fourth-order valence-corrected chi connectivity index (χ4v) is 3.00. The Hall–Kier alpha value is -2.90. The largest absolute Gasteiger partial charge is 0.433 e. The van der Waals surface area contributed by atoms with Gasteiger partial charge in [0.1, 0.15) is 17.0 Å². The third kappa shape index (κ3) is 2.81. The van der Waals surface area contributed by atoms with Crippen LogP contribution in [0.15, 0.2) is 36.5 Å². The summed E-state index contributed by atoms with van der Waals surface area (Å²) in [6.45, 7) is 4.08. The van der Waals surface area contributed by atoms with E-state index in [0.717, 1.165) is 17.0 Å². The average Bonchev–Trinajstić information content (AvgIpc) is 3.15. The highest BCUT2D eigenvalue weighted by molar-refractivity contribution is 5.82. The zero-order chi connectivity index (χ0) is 18.5. The van der Waals surface area contributed by atoms with Crippen LogP contribution in [-0.4, -0.2) is 24.7 Å². The van der Waals surface area contributed by atoms with E-state index < -0.39 is 11.9 Å². The molecule has 0 saturated heterocycles. The van der Waals surface area contributed by atoms with Crippen LogP contribution in [0.2, 0.25) is 0 Å². The summed E-state index contributed by atoms with van der Waals surface area (Å²) in [6, 6.07) is 7.88. The average molecular weight is 359 g/mol. The van der Waals surface area contributed by atoms with Crippen molar-refractivity contribution in [2.75, 3.05) is 0 Å². The van der Waals surface area contributed by atoms with Crippen LogP contribution in [-0.2, 0) is 12.6 Å². The molecular weight excluding hydrogens is 343 g/mol. The molecule has 0 bridgehead atoms. The van der Waals surface area contributed by atoms with E-state index in [9.17, 15) is 13.2 Å². The van der Waals surface area contributed by atoms with Crippen molar-refractivity contribution in [3.8, 4) is 5.69 Å². The monoisotopic (exact) mass is 359 g/mol. The molecule has 4 rings (SSSR count). The number of pyridine rings is 1. The van der Waals surface area contributed by atoms with Gasteiger partial charge in [-0.05, 0) is 36.2 Å². The molecule has 3 heterocycles. The second-order valence-corrected chi connectivity index (χ2v) is 6.64. The number of benzene rings is 1. The first-order chi connectivity index (χ1) is 12.3. The summed E-state index contributed by atoms with van der Waals surface area (Å²) in [7, 11) is 0. The first kappa shape index (κ1) is 16.6. The van der Waals surface area contributed by atoms with Crippen LogP contribution < -0.4 is 0 Å². The quantitative estimate of drug-likeness (QED) is 0.585. The highest BCUT2D eigenvalue weighted by Crippen LogP contribution is 2.31. The van der Waals surface area contributed by atoms with E-state index in [2.05, 4.69) is 20.2 Å². The molecule has 1 aromatic carbocycles. The number of rotatable bonds is 3. The molecule has 4 aromatic rings. The van der Waals surface area contributed by atoms with Crippen LogP contribution in [0.1, 0.15) is 25.4 Å². The summed E-state index contributed by atoms with van der Waals surface area (Å²) >= 11 is 0. The number of halogens is 3. The molecule has 0 saturated carbocycles. The lowest BCUT2D eigenvalue weighted by atomic mass is 10.1. The molecule has 8 heteroatoms. The first-order valence-corrected chi connectivity index (χ1v) is 8.22. The third-order valence-electron chi connectivity index (χ3n) is 4.14. The molecule has 0 spiro atoms. The van der Waals surface area contributed by atoms with Crippen molar-refractivity contribution in [3.63, 3.8) is 0 Å². The van der Waals surface area contributed by atoms with E-state index in [1.54, 1.807) is 10.8 Å². The summed E-state index contributed by atoms with van der Waals surface area (Å²) in [5.74, 6) is 0.981. The van der Waals surface area contributed by atoms with Crippen molar-refractivity contribution >= 4 is 22.1 Å². The number of alkyl halides is 3. The highest BCUT2D eigenvalue weighted by atomic mass is 19.4. The minimum atomic E-state index is -4.50. The molecular formula is C18H16F3N5. The lowest BCUT2D eigenvalue weighted by Crippen LogP contribution is -2.09. The van der Waals surface area contributed by atoms with Crippen molar-refractivity contribution < 1.29 is 13.2 Å². The van der Waals surface area contributed by atoms with E-state index in [0.29, 0.717) is 29.4 Å². The van der Waals surface area contributed by atoms with Gasteiger partial charge in [-0.1, -0.05) is 13.8 Å². The minimum Gasteiger partial charge on any atom is -0.281 e. The molecule has 134 valence electrons. The Balaban J connectivity index is 1.99. The standard InChI is InChI=1S/C18H16F3N5/c1-10(2)7-16-23-14-5-6-15(18(19,20)21)24-17(14)26(16)12-3-4-13-11(8-12)9-22-25-13/h3-6,8-10H,7H2,1-2H3,(H,22,25). The van der Waals surface area contributed by atoms with Crippen molar-refractivity contribution in [1.29, 1.82) is 0 Å². The zero-order valence-corrected chi connectivity index (χ0v) is 14.2. The molecule has 3 aromatic heterocycles. The predicted octanol–water partition coefficient (Wildman–Crippen LogP) is 4.51. The van der Waals surface area contributed by atoms with Gasteiger partial charge >= 0.3 is 6.18 Å². The second kappa shape index (κ2) is 5.82. The molecule has 0 aliphatic heterocycles. The van der Waals surface area contributed by atoms with Crippen molar-refractivity contribution in [1.82, 2.24) is 24.7 Å². The Labute approximate surface area is 146 Å². The highest BCUT2D eigenvalue weighted by Gasteiger charge is 2.33. The number of H-pyrrole nitrogens is 1. The van der Waals surface area contributed by atoms with Gasteiger partial charge in [-0.15, -0.1) is 0 Å². The van der Waals surface area contributed by atoms with Gasteiger partial charge in [0.15, 0.2) is 5.65 Å². The van der Waals surface area contributed by atoms with Gasteiger partial charge in [-0.2, -0.15) is 18.3 Å². The molecule has 5 nitrogen and oxygen atoms in total. The number of nitrogens with one attached hydrogen (secondary N) is 1. The zero-order valence-electron chi connectivity index (χ0n) is 14.2. The van der Waals surface area contributed by atoms with Gasteiger partial charge in [-0.25, -0.2) is 9.97 Å². The van der Waals surface area contributed by atoms with Gasteiger partial charge in [0, 0.05) is 17.5 Å². The van der Waals surface area contributed by atoms with Crippen LogP contribution in [0, 0.1) is 5.92 Å². The number of hydrogen-bond donors (Lipinski definition) is 1. The molecule has 0 aliphatic rings. The summed E-state index contributed by atoms with van der Waals surface area (Å²) in [4.78, 5) is 8.40. The predicted molar refractivity (Wildman–Crippen MR) is 92.1 cm³/mol. The maximum absolute atomic E-state index is 13.1. The lowest BCUT2D eigenvalue weighted by molar-refractivity contribution is -0.141. The molecule has 1 N–H and O–H groups in total. The summed E-state index contributed by atoms with van der Waals surface area (Å²) in [6.07, 6.45) is -2.20. The molecule has 0 atom stereocenters. The van der Waals surface area contributed by atoms with Crippen LogP contribution >= 0.6 is 0 Å². The van der Waals surface area contributed by atoms with Crippen LogP contribution in [0.5, 0.6) is 0 Å². The molecule has 0 amide bonds. The normalized spacial score (nSPS) is 12.5. The van der Waals surface area contributed by atoms with Gasteiger partial charge in [0.25, 0.3) is 0 Å². The number of hydrogen-bond acceptors (Lipinski definition) is 3. The Morgan fingerprint density at radius 3 is 2.65 bits per heavy atom. The maximum atomic E-state index is 13.1. The van der Waals surface area contributed by atoms with E-state index in [1.807, 2.05) is 32.0 Å². The molecule has 0 unspecified atom stereocenters. The minimum absolute atomic E-state index is 0.207. The number of imidazole rings is 1. The maximum Gasteiger partial charge on any atom is 0.433 e. The molecule has 0 fully saturated rings. The van der Waals surface area contributed by atoms with Gasteiger partial charge < -0.3 is 0 Å². The van der Waals surface area contributed by atoms with Crippen molar-refractivity contribution in [2.45, 2.75) is 26.4 Å². The summed E-state index contributed by atoms with van der Waals surface area (Å²) < 4.78 is 41.1.